The molecule has 0 aliphatic carbocycles. The number of ether oxygens (including phenoxy) is 3. The Hall–Kier alpha value is -2.00. The van der Waals surface area contributed by atoms with Gasteiger partial charge >= 0.3 is 6.18 Å². The molecule has 2 aliphatic heterocycles. The van der Waals surface area contributed by atoms with E-state index in [1.165, 1.54) is 19.2 Å². The summed E-state index contributed by atoms with van der Waals surface area (Å²) in [6.45, 7) is 2.50. The Bertz CT molecular complexity index is 691. The number of methoxy groups -OCH3 is 1. The van der Waals surface area contributed by atoms with Crippen LogP contribution in [0, 0.1) is 0 Å². The highest BCUT2D eigenvalue weighted by Crippen LogP contribution is 2.34. The first-order valence-corrected chi connectivity index (χ1v) is 9.35. The topological polar surface area (TPSA) is 55.3 Å². The summed E-state index contributed by atoms with van der Waals surface area (Å²) < 4.78 is 56.7. The number of halogens is 3. The lowest BCUT2D eigenvalue weighted by molar-refractivity contribution is -0.138. The minimum atomic E-state index is -4.46. The Balaban J connectivity index is 1.67. The van der Waals surface area contributed by atoms with Crippen molar-refractivity contribution in [3.8, 4) is 5.75 Å². The first-order valence-electron chi connectivity index (χ1n) is 9.35. The molecular formula is C19H26F3N3O3. The standard InChI is InChI=1S/C19H26F3N3O3/c1-23-18(25-7-9-28-17(12-25)16-4-3-8-27-16)24-11-13-5-6-14(26-2)10-15(13)19(20,21)22/h5-6,10,16-17H,3-4,7-9,11-12H2,1-2H3,(H,23,24). The molecule has 2 unspecified atom stereocenters. The second kappa shape index (κ2) is 9.00. The van der Waals surface area contributed by atoms with Crippen LogP contribution in [0.5, 0.6) is 5.75 Å². The fraction of sp³-hybridized carbons (Fsp3) is 0.632. The van der Waals surface area contributed by atoms with Crippen molar-refractivity contribution in [2.24, 2.45) is 4.99 Å². The van der Waals surface area contributed by atoms with E-state index >= 15 is 0 Å². The molecule has 2 heterocycles. The van der Waals surface area contributed by atoms with E-state index in [2.05, 4.69) is 10.3 Å². The van der Waals surface area contributed by atoms with Gasteiger partial charge in [-0.1, -0.05) is 6.07 Å². The molecule has 1 N–H and O–H groups in total. The Labute approximate surface area is 162 Å². The summed E-state index contributed by atoms with van der Waals surface area (Å²) in [5.74, 6) is 0.725. The van der Waals surface area contributed by atoms with E-state index in [0.29, 0.717) is 25.7 Å². The van der Waals surface area contributed by atoms with Crippen LogP contribution in [0.4, 0.5) is 13.2 Å². The summed E-state index contributed by atoms with van der Waals surface area (Å²) in [5, 5.41) is 3.06. The Kier molecular flexibility index (Phi) is 6.66. The third kappa shape index (κ3) is 4.88. The minimum absolute atomic E-state index is 0.00740. The Morgan fingerprint density at radius 3 is 2.71 bits per heavy atom. The molecule has 0 radical (unpaired) electrons. The molecule has 0 spiro atoms. The molecule has 6 nitrogen and oxygen atoms in total. The maximum Gasteiger partial charge on any atom is 0.416 e. The molecule has 9 heteroatoms. The predicted molar refractivity (Wildman–Crippen MR) is 98.5 cm³/mol. The van der Waals surface area contributed by atoms with Gasteiger partial charge in [0.15, 0.2) is 5.96 Å². The summed E-state index contributed by atoms with van der Waals surface area (Å²) >= 11 is 0. The fourth-order valence-electron chi connectivity index (χ4n) is 3.60. The number of nitrogens with one attached hydrogen (secondary N) is 1. The van der Waals surface area contributed by atoms with Gasteiger partial charge in [-0.3, -0.25) is 4.99 Å². The van der Waals surface area contributed by atoms with Crippen LogP contribution in [0.3, 0.4) is 0 Å². The lowest BCUT2D eigenvalue weighted by atomic mass is 10.1. The van der Waals surface area contributed by atoms with Gasteiger partial charge in [0.05, 0.1) is 25.4 Å². The van der Waals surface area contributed by atoms with E-state index in [4.69, 9.17) is 14.2 Å². The Morgan fingerprint density at radius 2 is 2.07 bits per heavy atom. The second-order valence-electron chi connectivity index (χ2n) is 6.83. The molecule has 2 atom stereocenters. The van der Waals surface area contributed by atoms with Crippen LogP contribution in [0.1, 0.15) is 24.0 Å². The lowest BCUT2D eigenvalue weighted by Crippen LogP contribution is -2.53. The predicted octanol–water partition coefficient (Wildman–Crippen LogP) is 2.67. The van der Waals surface area contributed by atoms with E-state index in [0.717, 1.165) is 25.5 Å². The molecule has 1 aromatic carbocycles. The number of aliphatic imine (C=N–C) groups is 1. The van der Waals surface area contributed by atoms with Gasteiger partial charge in [0.25, 0.3) is 0 Å². The van der Waals surface area contributed by atoms with E-state index in [1.807, 2.05) is 4.90 Å². The molecule has 0 amide bonds. The van der Waals surface area contributed by atoms with Crippen molar-refractivity contribution in [2.75, 3.05) is 40.5 Å². The number of benzene rings is 1. The zero-order chi connectivity index (χ0) is 20.1. The molecule has 2 aliphatic rings. The van der Waals surface area contributed by atoms with Gasteiger partial charge in [-0.25, -0.2) is 0 Å². The van der Waals surface area contributed by atoms with Crippen LogP contribution in [-0.4, -0.2) is 63.5 Å². The van der Waals surface area contributed by atoms with Gasteiger partial charge in [-0.15, -0.1) is 0 Å². The lowest BCUT2D eigenvalue weighted by Gasteiger charge is -2.37. The molecular weight excluding hydrogens is 375 g/mol. The number of hydrogen-bond donors (Lipinski definition) is 1. The number of alkyl halides is 3. The minimum Gasteiger partial charge on any atom is -0.497 e. The molecule has 2 saturated heterocycles. The molecule has 0 saturated carbocycles. The van der Waals surface area contributed by atoms with Gasteiger partial charge in [-0.2, -0.15) is 13.2 Å². The molecule has 156 valence electrons. The highest BCUT2D eigenvalue weighted by molar-refractivity contribution is 5.80. The molecule has 1 aromatic rings. The SMILES string of the molecule is CN=C(NCc1ccc(OC)cc1C(F)(F)F)N1CCOC(C2CCCO2)C1. The normalized spacial score (nSPS) is 23.8. The van der Waals surface area contributed by atoms with Crippen molar-refractivity contribution in [1.82, 2.24) is 10.2 Å². The number of rotatable bonds is 4. The van der Waals surface area contributed by atoms with Gasteiger partial charge in [0, 0.05) is 33.3 Å². The number of nitrogens with zero attached hydrogens (tertiary/aromatic N) is 2. The highest BCUT2D eigenvalue weighted by atomic mass is 19.4. The molecule has 0 aromatic heterocycles. The van der Waals surface area contributed by atoms with E-state index in [1.54, 1.807) is 7.05 Å². The quantitative estimate of drug-likeness (QED) is 0.621. The van der Waals surface area contributed by atoms with Gasteiger partial charge in [0.1, 0.15) is 11.9 Å². The van der Waals surface area contributed by atoms with E-state index in [9.17, 15) is 13.2 Å². The van der Waals surface area contributed by atoms with Crippen molar-refractivity contribution >= 4 is 5.96 Å². The van der Waals surface area contributed by atoms with Crippen molar-refractivity contribution in [3.63, 3.8) is 0 Å². The second-order valence-corrected chi connectivity index (χ2v) is 6.83. The average molecular weight is 401 g/mol. The van der Waals surface area contributed by atoms with Crippen LogP contribution in [0.2, 0.25) is 0 Å². The van der Waals surface area contributed by atoms with Crippen LogP contribution in [-0.2, 0) is 22.2 Å². The largest absolute Gasteiger partial charge is 0.497 e. The molecule has 3 rings (SSSR count). The summed E-state index contributed by atoms with van der Waals surface area (Å²) in [7, 11) is 2.97. The van der Waals surface area contributed by atoms with Crippen molar-refractivity contribution in [2.45, 2.75) is 37.8 Å². The van der Waals surface area contributed by atoms with E-state index in [-0.39, 0.29) is 30.1 Å². The summed E-state index contributed by atoms with van der Waals surface area (Å²) in [4.78, 5) is 6.25. The van der Waals surface area contributed by atoms with Crippen LogP contribution in [0.15, 0.2) is 23.2 Å². The smallest absolute Gasteiger partial charge is 0.416 e. The van der Waals surface area contributed by atoms with Crippen molar-refractivity contribution in [3.05, 3.63) is 29.3 Å². The summed E-state index contributed by atoms with van der Waals surface area (Å²) in [6, 6.07) is 3.97. The first-order chi connectivity index (χ1) is 13.4. The third-order valence-corrected chi connectivity index (χ3v) is 5.04. The summed E-state index contributed by atoms with van der Waals surface area (Å²) in [6.07, 6.45) is -2.46. The van der Waals surface area contributed by atoms with Gasteiger partial charge < -0.3 is 24.4 Å². The molecule has 2 fully saturated rings. The fourth-order valence-corrected chi connectivity index (χ4v) is 3.60. The zero-order valence-electron chi connectivity index (χ0n) is 16.1. The number of morpholine rings is 1. The number of guanidine groups is 1. The van der Waals surface area contributed by atoms with E-state index < -0.39 is 11.7 Å². The van der Waals surface area contributed by atoms with Crippen LogP contribution >= 0.6 is 0 Å². The maximum atomic E-state index is 13.4. The first kappa shape index (κ1) is 20.7. The Morgan fingerprint density at radius 1 is 1.29 bits per heavy atom. The van der Waals surface area contributed by atoms with Gasteiger partial charge in [-0.05, 0) is 30.5 Å². The van der Waals surface area contributed by atoms with Crippen molar-refractivity contribution < 1.29 is 27.4 Å². The third-order valence-electron chi connectivity index (χ3n) is 5.04. The van der Waals surface area contributed by atoms with Crippen molar-refractivity contribution in [1.29, 1.82) is 0 Å². The average Bonchev–Trinajstić information content (AvgIpc) is 3.23. The number of hydrogen-bond acceptors (Lipinski definition) is 4. The van der Waals surface area contributed by atoms with Crippen LogP contribution < -0.4 is 10.1 Å². The summed E-state index contributed by atoms with van der Waals surface area (Å²) in [5.41, 5.74) is -0.576. The monoisotopic (exact) mass is 401 g/mol. The molecule has 0 bridgehead atoms. The van der Waals surface area contributed by atoms with Gasteiger partial charge in [0.2, 0.25) is 0 Å². The van der Waals surface area contributed by atoms with Crippen LogP contribution in [0.25, 0.3) is 0 Å². The maximum absolute atomic E-state index is 13.4. The zero-order valence-corrected chi connectivity index (χ0v) is 16.1. The highest BCUT2D eigenvalue weighted by Gasteiger charge is 2.35. The molecule has 28 heavy (non-hydrogen) atoms.